The normalized spacial score (nSPS) is 10.9. The van der Waals surface area contributed by atoms with Gasteiger partial charge in [0.05, 0.1) is 18.1 Å². The van der Waals surface area contributed by atoms with Gasteiger partial charge in [0.1, 0.15) is 22.2 Å². The van der Waals surface area contributed by atoms with Crippen LogP contribution in [0.15, 0.2) is 40.9 Å². The van der Waals surface area contributed by atoms with E-state index in [9.17, 15) is 4.39 Å². The van der Waals surface area contributed by atoms with Crippen LogP contribution in [0.1, 0.15) is 0 Å². The molecule has 0 N–H and O–H groups in total. The van der Waals surface area contributed by atoms with Gasteiger partial charge in [0.15, 0.2) is 5.82 Å². The first-order chi connectivity index (χ1) is 10.1. The van der Waals surface area contributed by atoms with Gasteiger partial charge in [-0.2, -0.15) is 0 Å². The molecular formula is C15H9BrClFN2O. The van der Waals surface area contributed by atoms with Crippen molar-refractivity contribution in [3.8, 4) is 17.1 Å². The van der Waals surface area contributed by atoms with E-state index >= 15 is 0 Å². The molecule has 0 fully saturated rings. The number of aromatic nitrogens is 2. The molecule has 3 nitrogen and oxygen atoms in total. The Hall–Kier alpha value is -1.72. The standard InChI is InChI=1S/C15H9BrClFN2O/c1-21-11-5-3-2-4-8(11)15-19-13-10(18)7-6-9(16)12(13)14(17)20-15/h2-7H,1H3. The minimum atomic E-state index is -0.450. The fraction of sp³-hybridized carbons (Fsp3) is 0.0667. The van der Waals surface area contributed by atoms with Crippen LogP contribution in [-0.4, -0.2) is 17.1 Å². The van der Waals surface area contributed by atoms with Crippen LogP contribution in [0.5, 0.6) is 5.75 Å². The number of para-hydroxylation sites is 1. The van der Waals surface area contributed by atoms with Crippen LogP contribution < -0.4 is 4.74 Å². The first kappa shape index (κ1) is 14.2. The maximum Gasteiger partial charge on any atom is 0.165 e. The van der Waals surface area contributed by atoms with Crippen molar-refractivity contribution in [2.45, 2.75) is 0 Å². The van der Waals surface area contributed by atoms with Gasteiger partial charge in [0.2, 0.25) is 0 Å². The molecule has 0 saturated heterocycles. The summed E-state index contributed by atoms with van der Waals surface area (Å²) in [6.07, 6.45) is 0. The molecule has 0 aliphatic rings. The molecule has 1 heterocycles. The van der Waals surface area contributed by atoms with Crippen LogP contribution in [0, 0.1) is 5.82 Å². The second-order valence-corrected chi connectivity index (χ2v) is 5.50. The summed E-state index contributed by atoms with van der Waals surface area (Å²) in [6.45, 7) is 0. The fourth-order valence-corrected chi connectivity index (χ4v) is 2.97. The van der Waals surface area contributed by atoms with Crippen molar-refractivity contribution in [2.24, 2.45) is 0 Å². The van der Waals surface area contributed by atoms with Crippen LogP contribution in [0.2, 0.25) is 5.15 Å². The number of halogens is 3. The molecule has 0 spiro atoms. The number of fused-ring (bicyclic) bond motifs is 1. The second kappa shape index (κ2) is 5.58. The van der Waals surface area contributed by atoms with E-state index in [1.165, 1.54) is 6.07 Å². The summed E-state index contributed by atoms with van der Waals surface area (Å²) in [4.78, 5) is 8.55. The molecule has 0 bridgehead atoms. The zero-order valence-corrected chi connectivity index (χ0v) is 13.2. The molecular weight excluding hydrogens is 359 g/mol. The molecule has 0 aliphatic carbocycles. The molecule has 3 aromatic rings. The number of nitrogens with zero attached hydrogens (tertiary/aromatic N) is 2. The van der Waals surface area contributed by atoms with E-state index in [0.29, 0.717) is 27.0 Å². The van der Waals surface area contributed by atoms with E-state index in [2.05, 4.69) is 25.9 Å². The largest absolute Gasteiger partial charge is 0.496 e. The van der Waals surface area contributed by atoms with Crippen molar-refractivity contribution in [1.29, 1.82) is 0 Å². The summed E-state index contributed by atoms with van der Waals surface area (Å²) in [5.74, 6) is 0.471. The molecule has 0 amide bonds. The highest BCUT2D eigenvalue weighted by molar-refractivity contribution is 9.10. The van der Waals surface area contributed by atoms with Gasteiger partial charge in [-0.15, -0.1) is 0 Å². The predicted octanol–water partition coefficient (Wildman–Crippen LogP) is 4.86. The Labute approximate surface area is 133 Å². The third-order valence-corrected chi connectivity index (χ3v) is 3.99. The highest BCUT2D eigenvalue weighted by Crippen LogP contribution is 2.34. The summed E-state index contributed by atoms with van der Waals surface area (Å²) in [6, 6.07) is 10.2. The Morgan fingerprint density at radius 1 is 1.14 bits per heavy atom. The Bertz CT molecular complexity index is 841. The molecule has 0 saturated carbocycles. The summed E-state index contributed by atoms with van der Waals surface area (Å²) >= 11 is 9.53. The second-order valence-electron chi connectivity index (χ2n) is 4.29. The van der Waals surface area contributed by atoms with Gasteiger partial charge >= 0.3 is 0 Å². The van der Waals surface area contributed by atoms with Gasteiger partial charge in [0, 0.05) is 4.47 Å². The van der Waals surface area contributed by atoms with Gasteiger partial charge in [-0.25, -0.2) is 14.4 Å². The number of hydrogen-bond donors (Lipinski definition) is 0. The van der Waals surface area contributed by atoms with Crippen LogP contribution in [0.4, 0.5) is 4.39 Å². The van der Waals surface area contributed by atoms with Crippen LogP contribution in [0.3, 0.4) is 0 Å². The van der Waals surface area contributed by atoms with Crippen LogP contribution in [-0.2, 0) is 0 Å². The highest BCUT2D eigenvalue weighted by Gasteiger charge is 2.16. The Morgan fingerprint density at radius 2 is 1.90 bits per heavy atom. The predicted molar refractivity (Wildman–Crippen MR) is 84.2 cm³/mol. The molecule has 106 valence electrons. The van der Waals surface area contributed by atoms with E-state index < -0.39 is 5.82 Å². The summed E-state index contributed by atoms with van der Waals surface area (Å²) in [7, 11) is 1.55. The molecule has 0 atom stereocenters. The summed E-state index contributed by atoms with van der Waals surface area (Å²) in [5, 5.41) is 0.641. The molecule has 2 aromatic carbocycles. The number of rotatable bonds is 2. The number of methoxy groups -OCH3 is 1. The summed E-state index contributed by atoms with van der Waals surface area (Å²) in [5.41, 5.74) is 0.827. The topological polar surface area (TPSA) is 35.0 Å². The minimum absolute atomic E-state index is 0.172. The smallest absolute Gasteiger partial charge is 0.165 e. The molecule has 0 unspecified atom stereocenters. The zero-order chi connectivity index (χ0) is 15.0. The number of ether oxygens (including phenoxy) is 1. The minimum Gasteiger partial charge on any atom is -0.496 e. The van der Waals surface area contributed by atoms with E-state index in [-0.39, 0.29) is 10.7 Å². The number of hydrogen-bond acceptors (Lipinski definition) is 3. The summed E-state index contributed by atoms with van der Waals surface area (Å²) < 4.78 is 20.0. The maximum atomic E-state index is 14.0. The van der Waals surface area contributed by atoms with Gasteiger partial charge < -0.3 is 4.74 Å². The van der Waals surface area contributed by atoms with Crippen LogP contribution in [0.25, 0.3) is 22.3 Å². The molecule has 3 rings (SSSR count). The van der Waals surface area contributed by atoms with E-state index in [1.807, 2.05) is 12.1 Å². The van der Waals surface area contributed by atoms with Gasteiger partial charge in [-0.3, -0.25) is 0 Å². The van der Waals surface area contributed by atoms with Crippen molar-refractivity contribution >= 4 is 38.4 Å². The average molecular weight is 368 g/mol. The lowest BCUT2D eigenvalue weighted by atomic mass is 10.1. The van der Waals surface area contributed by atoms with E-state index in [0.717, 1.165) is 0 Å². The lowest BCUT2D eigenvalue weighted by molar-refractivity contribution is 0.416. The average Bonchev–Trinajstić information content (AvgIpc) is 2.50. The first-order valence-corrected chi connectivity index (χ1v) is 7.23. The first-order valence-electron chi connectivity index (χ1n) is 6.06. The highest BCUT2D eigenvalue weighted by atomic mass is 79.9. The number of benzene rings is 2. The van der Waals surface area contributed by atoms with E-state index in [1.54, 1.807) is 25.3 Å². The molecule has 1 aromatic heterocycles. The van der Waals surface area contributed by atoms with Crippen molar-refractivity contribution < 1.29 is 9.13 Å². The lowest BCUT2D eigenvalue weighted by Gasteiger charge is -2.09. The third-order valence-electron chi connectivity index (χ3n) is 3.05. The molecule has 0 radical (unpaired) electrons. The van der Waals surface area contributed by atoms with Crippen molar-refractivity contribution in [3.63, 3.8) is 0 Å². The van der Waals surface area contributed by atoms with E-state index in [4.69, 9.17) is 16.3 Å². The third kappa shape index (κ3) is 2.47. The maximum absolute atomic E-state index is 14.0. The monoisotopic (exact) mass is 366 g/mol. The van der Waals surface area contributed by atoms with Crippen LogP contribution >= 0.6 is 27.5 Å². The Kier molecular flexibility index (Phi) is 3.78. The Balaban J connectivity index is 2.33. The van der Waals surface area contributed by atoms with Crippen molar-refractivity contribution in [2.75, 3.05) is 7.11 Å². The molecule has 21 heavy (non-hydrogen) atoms. The van der Waals surface area contributed by atoms with Crippen molar-refractivity contribution in [1.82, 2.24) is 9.97 Å². The van der Waals surface area contributed by atoms with Gasteiger partial charge in [0.25, 0.3) is 0 Å². The Morgan fingerprint density at radius 3 is 2.67 bits per heavy atom. The lowest BCUT2D eigenvalue weighted by Crippen LogP contribution is -1.96. The molecule has 6 heteroatoms. The zero-order valence-electron chi connectivity index (χ0n) is 10.9. The molecule has 0 aliphatic heterocycles. The quantitative estimate of drug-likeness (QED) is 0.607. The van der Waals surface area contributed by atoms with Gasteiger partial charge in [-0.05, 0) is 40.2 Å². The SMILES string of the molecule is COc1ccccc1-c1nc(Cl)c2c(Br)ccc(F)c2n1. The van der Waals surface area contributed by atoms with Gasteiger partial charge in [-0.1, -0.05) is 23.7 Å². The fourth-order valence-electron chi connectivity index (χ4n) is 2.08. The van der Waals surface area contributed by atoms with Crippen molar-refractivity contribution in [3.05, 3.63) is 51.8 Å².